The van der Waals surface area contributed by atoms with Crippen molar-refractivity contribution in [3.8, 4) is 23.0 Å². The molecule has 9 heteroatoms. The zero-order valence-electron chi connectivity index (χ0n) is 23.0. The highest BCUT2D eigenvalue weighted by atomic mass is 16.5. The fourth-order valence-electron chi connectivity index (χ4n) is 4.95. The highest BCUT2D eigenvalue weighted by molar-refractivity contribution is 6.34. The van der Waals surface area contributed by atoms with Gasteiger partial charge in [-0.25, -0.2) is 9.97 Å². The van der Waals surface area contributed by atoms with Crippen LogP contribution in [0.4, 0.5) is 11.5 Å². The summed E-state index contributed by atoms with van der Waals surface area (Å²) in [5.74, 6) is 2.19. The van der Waals surface area contributed by atoms with E-state index in [0.29, 0.717) is 57.6 Å². The largest absolute Gasteiger partial charge is 0.493 e. The minimum absolute atomic E-state index is 0.0487. The molecule has 6 rings (SSSR count). The number of anilines is 2. The number of ketones is 2. The number of hydrogen-bond donors (Lipinski definition) is 1. The molecule has 1 aliphatic heterocycles. The van der Waals surface area contributed by atoms with E-state index in [1.165, 1.54) is 24.6 Å². The van der Waals surface area contributed by atoms with Gasteiger partial charge in [0, 0.05) is 34.9 Å². The van der Waals surface area contributed by atoms with E-state index < -0.39 is 0 Å². The Bertz CT molecular complexity index is 1690. The quantitative estimate of drug-likeness (QED) is 0.238. The number of aromatic nitrogens is 2. The van der Waals surface area contributed by atoms with Gasteiger partial charge >= 0.3 is 0 Å². The van der Waals surface area contributed by atoms with E-state index in [4.69, 9.17) is 18.9 Å². The standard InChI is InChI=1S/C33H29N3O6/c1-39-31-17-27-29(18-32(31)41-19-24-9-5-6-14-40-24)34-20-35-33(27)36-28-12-11-23(42-22-7-3-2-4-8-22)16-25(28)26-15-21(37)10-13-30(26)38/h2-4,7-8,10-13,15-18,20,24H,5-6,9,14,19H2,1H3,(H,34,35,36). The molecule has 212 valence electrons. The van der Waals surface area contributed by atoms with Crippen LogP contribution >= 0.6 is 0 Å². The van der Waals surface area contributed by atoms with E-state index in [2.05, 4.69) is 15.3 Å². The Morgan fingerprint density at radius 2 is 1.83 bits per heavy atom. The van der Waals surface area contributed by atoms with Gasteiger partial charge in [-0.1, -0.05) is 18.2 Å². The predicted molar refractivity (Wildman–Crippen MR) is 159 cm³/mol. The lowest BCUT2D eigenvalue weighted by molar-refractivity contribution is -0.113. The number of methoxy groups -OCH3 is 1. The van der Waals surface area contributed by atoms with Crippen molar-refractivity contribution in [1.82, 2.24) is 9.97 Å². The van der Waals surface area contributed by atoms with Gasteiger partial charge in [0.25, 0.3) is 0 Å². The number of ether oxygens (including phenoxy) is 4. The van der Waals surface area contributed by atoms with Crippen molar-refractivity contribution in [3.63, 3.8) is 0 Å². The fraction of sp³-hybridized carbons (Fsp3) is 0.212. The van der Waals surface area contributed by atoms with E-state index in [1.807, 2.05) is 42.5 Å². The molecule has 2 aliphatic rings. The average Bonchev–Trinajstić information content (AvgIpc) is 3.02. The van der Waals surface area contributed by atoms with E-state index in [1.54, 1.807) is 25.3 Å². The van der Waals surface area contributed by atoms with Gasteiger partial charge in [0.05, 0.1) is 18.7 Å². The van der Waals surface area contributed by atoms with Crippen LogP contribution in [0.5, 0.6) is 23.0 Å². The third kappa shape index (κ3) is 6.01. The third-order valence-electron chi connectivity index (χ3n) is 7.08. The molecule has 4 aromatic rings. The Labute approximate surface area is 242 Å². The molecule has 2 heterocycles. The number of benzene rings is 3. The van der Waals surface area contributed by atoms with Crippen molar-refractivity contribution in [2.24, 2.45) is 0 Å². The normalized spacial score (nSPS) is 16.7. The molecule has 0 amide bonds. The topological polar surface area (TPSA) is 109 Å². The molecular weight excluding hydrogens is 534 g/mol. The van der Waals surface area contributed by atoms with Gasteiger partial charge in [0.2, 0.25) is 0 Å². The van der Waals surface area contributed by atoms with Crippen molar-refractivity contribution in [1.29, 1.82) is 0 Å². The first-order valence-electron chi connectivity index (χ1n) is 13.8. The van der Waals surface area contributed by atoms with Gasteiger partial charge in [0.15, 0.2) is 23.1 Å². The van der Waals surface area contributed by atoms with E-state index in [-0.39, 0.29) is 23.2 Å². The molecule has 1 atom stereocenters. The Morgan fingerprint density at radius 3 is 2.64 bits per heavy atom. The van der Waals surface area contributed by atoms with Crippen molar-refractivity contribution < 1.29 is 28.5 Å². The molecule has 1 N–H and O–H groups in total. The van der Waals surface area contributed by atoms with Crippen molar-refractivity contribution in [3.05, 3.63) is 90.8 Å². The van der Waals surface area contributed by atoms with Crippen LogP contribution in [-0.4, -0.2) is 48.0 Å². The van der Waals surface area contributed by atoms with E-state index >= 15 is 0 Å². The zero-order chi connectivity index (χ0) is 28.9. The molecule has 1 unspecified atom stereocenters. The molecule has 42 heavy (non-hydrogen) atoms. The fourth-order valence-corrected chi connectivity index (χ4v) is 4.95. The third-order valence-corrected chi connectivity index (χ3v) is 7.08. The summed E-state index contributed by atoms with van der Waals surface area (Å²) in [5, 5.41) is 4.03. The molecular formula is C33H29N3O6. The molecule has 1 fully saturated rings. The first-order valence-corrected chi connectivity index (χ1v) is 13.8. The van der Waals surface area contributed by atoms with Gasteiger partial charge in [-0.3, -0.25) is 9.59 Å². The Balaban J connectivity index is 1.34. The average molecular weight is 564 g/mol. The summed E-state index contributed by atoms with van der Waals surface area (Å²) in [4.78, 5) is 34.1. The first-order chi connectivity index (χ1) is 20.6. The van der Waals surface area contributed by atoms with Crippen LogP contribution in [0.15, 0.2) is 85.2 Å². The SMILES string of the molecule is COc1cc2c(Nc3ccc(Oc4ccccc4)cc3C3=CC(=O)C=CC3=O)ncnc2cc1OCC1CCCCO1. The van der Waals surface area contributed by atoms with Gasteiger partial charge in [-0.05, 0) is 73.9 Å². The van der Waals surface area contributed by atoms with Crippen molar-refractivity contribution >= 4 is 39.5 Å². The summed E-state index contributed by atoms with van der Waals surface area (Å²) in [6, 6.07) is 18.3. The Hall–Kier alpha value is -5.02. The van der Waals surface area contributed by atoms with Gasteiger partial charge < -0.3 is 24.3 Å². The van der Waals surface area contributed by atoms with Gasteiger partial charge in [0.1, 0.15) is 30.3 Å². The van der Waals surface area contributed by atoms with Crippen LogP contribution in [-0.2, 0) is 14.3 Å². The molecule has 0 radical (unpaired) electrons. The molecule has 0 saturated carbocycles. The highest BCUT2D eigenvalue weighted by Gasteiger charge is 2.21. The lowest BCUT2D eigenvalue weighted by atomic mass is 9.94. The summed E-state index contributed by atoms with van der Waals surface area (Å²) in [6.45, 7) is 1.18. The number of allylic oxidation sites excluding steroid dienone is 4. The number of carbonyl (C=O) groups excluding carboxylic acids is 2. The number of nitrogens with zero attached hydrogens (tertiary/aromatic N) is 2. The van der Waals surface area contributed by atoms with Crippen LogP contribution in [0, 0.1) is 0 Å². The number of carbonyl (C=O) groups is 2. The molecule has 0 spiro atoms. The smallest absolute Gasteiger partial charge is 0.186 e. The van der Waals surface area contributed by atoms with Gasteiger partial charge in [-0.2, -0.15) is 0 Å². The second-order valence-corrected chi connectivity index (χ2v) is 9.95. The summed E-state index contributed by atoms with van der Waals surface area (Å²) < 4.78 is 23.6. The van der Waals surface area contributed by atoms with E-state index in [0.717, 1.165) is 25.9 Å². The highest BCUT2D eigenvalue weighted by Crippen LogP contribution is 2.38. The van der Waals surface area contributed by atoms with Crippen LogP contribution in [0.3, 0.4) is 0 Å². The second-order valence-electron chi connectivity index (χ2n) is 9.95. The van der Waals surface area contributed by atoms with Gasteiger partial charge in [-0.15, -0.1) is 0 Å². The molecule has 9 nitrogen and oxygen atoms in total. The predicted octanol–water partition coefficient (Wildman–Crippen LogP) is 6.21. The maximum absolute atomic E-state index is 12.9. The number of nitrogens with one attached hydrogen (secondary N) is 1. The minimum atomic E-state index is -0.285. The molecule has 1 saturated heterocycles. The zero-order valence-corrected chi connectivity index (χ0v) is 23.0. The van der Waals surface area contributed by atoms with Crippen molar-refractivity contribution in [2.75, 3.05) is 25.6 Å². The lowest BCUT2D eigenvalue weighted by Gasteiger charge is -2.23. The molecule has 0 bridgehead atoms. The van der Waals surface area contributed by atoms with Crippen LogP contribution in [0.25, 0.3) is 16.5 Å². The van der Waals surface area contributed by atoms with Crippen LogP contribution < -0.4 is 19.5 Å². The van der Waals surface area contributed by atoms with Crippen LogP contribution in [0.2, 0.25) is 0 Å². The Morgan fingerprint density at radius 1 is 0.952 bits per heavy atom. The molecule has 1 aliphatic carbocycles. The second kappa shape index (κ2) is 12.2. The van der Waals surface area contributed by atoms with Crippen molar-refractivity contribution in [2.45, 2.75) is 25.4 Å². The Kier molecular flexibility index (Phi) is 7.91. The van der Waals surface area contributed by atoms with E-state index in [9.17, 15) is 9.59 Å². The maximum Gasteiger partial charge on any atom is 0.186 e. The maximum atomic E-state index is 12.9. The molecule has 1 aromatic heterocycles. The summed E-state index contributed by atoms with van der Waals surface area (Å²) >= 11 is 0. The lowest BCUT2D eigenvalue weighted by Crippen LogP contribution is -2.25. The summed E-state index contributed by atoms with van der Waals surface area (Å²) in [5.41, 5.74) is 1.95. The summed E-state index contributed by atoms with van der Waals surface area (Å²) in [7, 11) is 1.58. The number of rotatable bonds is 9. The van der Waals surface area contributed by atoms with Crippen LogP contribution in [0.1, 0.15) is 24.8 Å². The molecule has 3 aromatic carbocycles. The number of fused-ring (bicyclic) bond motifs is 1. The first kappa shape index (κ1) is 27.2. The minimum Gasteiger partial charge on any atom is -0.493 e. The number of hydrogen-bond acceptors (Lipinski definition) is 9. The number of para-hydroxylation sites is 1. The summed E-state index contributed by atoms with van der Waals surface area (Å²) in [6.07, 6.45) is 8.53. The monoisotopic (exact) mass is 563 g/mol.